The summed E-state index contributed by atoms with van der Waals surface area (Å²) in [5.74, 6) is 0. The van der Waals surface area contributed by atoms with E-state index in [1.807, 2.05) is 37.3 Å². The number of hydrogen-bond donors (Lipinski definition) is 0. The molecule has 166 valence electrons. The number of benzene rings is 1. The Morgan fingerprint density at radius 2 is 2.19 bits per heavy atom. The minimum Gasteiger partial charge on any atom is -0.374 e. The van der Waals surface area contributed by atoms with Crippen molar-refractivity contribution in [1.82, 2.24) is 4.98 Å². The van der Waals surface area contributed by atoms with Crippen molar-refractivity contribution in [3.63, 3.8) is 0 Å². The first-order valence-corrected chi connectivity index (χ1v) is 11.3. The second-order valence-electron chi connectivity index (χ2n) is 7.06. The van der Waals surface area contributed by atoms with Crippen LogP contribution in [0.25, 0.3) is 10.4 Å². The van der Waals surface area contributed by atoms with E-state index in [0.717, 1.165) is 5.56 Å². The summed E-state index contributed by atoms with van der Waals surface area (Å²) < 4.78 is 24.3. The minimum absolute atomic E-state index is 0.223. The van der Waals surface area contributed by atoms with Crippen molar-refractivity contribution >= 4 is 23.4 Å². The summed E-state index contributed by atoms with van der Waals surface area (Å²) in [4.78, 5) is 7.66. The standard InChI is InChI=1S/C21H20ClN5O4S/c1-2-28-19-17(26-27-24)18-15(11-29-20(31-18)12-6-4-3-5-7-12)30-21(19)32-16-8-13(22)10-25-14(16)9-23/h3-8,10,15,17-21H,2,11H2,1H3/t15?,17?,18-,19?,20?,21+/m0/s1. The number of azide groups is 1. The third-order valence-corrected chi connectivity index (χ3v) is 6.48. The Balaban J connectivity index is 1.62. The Hall–Kier alpha value is -2.35. The summed E-state index contributed by atoms with van der Waals surface area (Å²) in [6.45, 7) is 2.47. The van der Waals surface area contributed by atoms with Gasteiger partial charge in [-0.2, -0.15) is 5.26 Å². The molecule has 2 aromatic rings. The number of aromatic nitrogens is 1. The van der Waals surface area contributed by atoms with Gasteiger partial charge in [0.15, 0.2) is 12.0 Å². The van der Waals surface area contributed by atoms with Crippen LogP contribution in [0.5, 0.6) is 0 Å². The lowest BCUT2D eigenvalue weighted by molar-refractivity contribution is -0.300. The average molecular weight is 474 g/mol. The van der Waals surface area contributed by atoms with Crippen LogP contribution >= 0.6 is 23.4 Å². The number of halogens is 1. The highest BCUT2D eigenvalue weighted by molar-refractivity contribution is 7.99. The van der Waals surface area contributed by atoms with E-state index >= 15 is 0 Å². The summed E-state index contributed by atoms with van der Waals surface area (Å²) in [6, 6.07) is 12.6. The summed E-state index contributed by atoms with van der Waals surface area (Å²) in [5, 5.41) is 13.8. The van der Waals surface area contributed by atoms with Gasteiger partial charge in [-0.1, -0.05) is 58.8 Å². The average Bonchev–Trinajstić information content (AvgIpc) is 2.82. The van der Waals surface area contributed by atoms with Crippen molar-refractivity contribution in [2.24, 2.45) is 5.11 Å². The minimum atomic E-state index is -0.663. The predicted molar refractivity (Wildman–Crippen MR) is 117 cm³/mol. The van der Waals surface area contributed by atoms with Crippen LogP contribution in [0, 0.1) is 11.3 Å². The van der Waals surface area contributed by atoms with Crippen LogP contribution in [0.1, 0.15) is 24.5 Å². The summed E-state index contributed by atoms with van der Waals surface area (Å²) in [5.41, 5.74) is 9.76. The zero-order valence-electron chi connectivity index (χ0n) is 17.1. The molecule has 2 saturated heterocycles. The normalized spacial score (nSPS) is 29.4. The molecule has 4 unspecified atom stereocenters. The molecule has 0 aliphatic carbocycles. The van der Waals surface area contributed by atoms with Gasteiger partial charge in [0.2, 0.25) is 0 Å². The van der Waals surface area contributed by atoms with E-state index in [0.29, 0.717) is 16.5 Å². The van der Waals surface area contributed by atoms with Crippen LogP contribution in [-0.4, -0.2) is 48.0 Å². The first-order valence-electron chi connectivity index (χ1n) is 10.00. The number of hydrogen-bond acceptors (Lipinski definition) is 8. The predicted octanol–water partition coefficient (Wildman–Crippen LogP) is 4.62. The first kappa shape index (κ1) is 22.8. The summed E-state index contributed by atoms with van der Waals surface area (Å²) in [7, 11) is 0. The molecule has 1 aromatic carbocycles. The van der Waals surface area contributed by atoms with Crippen molar-refractivity contribution in [3.05, 3.63) is 69.3 Å². The van der Waals surface area contributed by atoms with Gasteiger partial charge in [-0.25, -0.2) is 4.98 Å². The number of nitriles is 1. The fraction of sp³-hybridized carbons (Fsp3) is 0.429. The van der Waals surface area contributed by atoms with Gasteiger partial charge in [-0.05, 0) is 18.5 Å². The van der Waals surface area contributed by atoms with Gasteiger partial charge in [0.05, 0.1) is 17.7 Å². The van der Waals surface area contributed by atoms with Crippen LogP contribution in [0.2, 0.25) is 5.02 Å². The van der Waals surface area contributed by atoms with E-state index in [1.54, 1.807) is 6.07 Å². The van der Waals surface area contributed by atoms with Gasteiger partial charge >= 0.3 is 0 Å². The maximum absolute atomic E-state index is 9.42. The van der Waals surface area contributed by atoms with Crippen molar-refractivity contribution in [2.75, 3.05) is 13.2 Å². The van der Waals surface area contributed by atoms with E-state index in [-0.39, 0.29) is 12.3 Å². The van der Waals surface area contributed by atoms with Gasteiger partial charge in [-0.15, -0.1) is 0 Å². The van der Waals surface area contributed by atoms with Gasteiger partial charge in [0.1, 0.15) is 29.8 Å². The maximum atomic E-state index is 9.42. The van der Waals surface area contributed by atoms with E-state index in [4.69, 9.17) is 30.5 Å². The van der Waals surface area contributed by atoms with Crippen LogP contribution in [0.4, 0.5) is 0 Å². The molecule has 1 aromatic heterocycles. The lowest BCUT2D eigenvalue weighted by atomic mass is 9.96. The Labute approximate surface area is 194 Å². The molecule has 32 heavy (non-hydrogen) atoms. The van der Waals surface area contributed by atoms with Gasteiger partial charge in [-0.3, -0.25) is 0 Å². The molecule has 0 saturated carbocycles. The smallest absolute Gasteiger partial charge is 0.184 e. The molecule has 6 atom stereocenters. The zero-order valence-corrected chi connectivity index (χ0v) is 18.6. The highest BCUT2D eigenvalue weighted by Gasteiger charge is 2.50. The SMILES string of the molecule is CCOC1C(N=[N+]=[N-])[C@H]2OC(c3ccccc3)OCC2O[C@@H]1Sc1cc(Cl)cnc1C#N. The molecule has 2 aliphatic rings. The van der Waals surface area contributed by atoms with Gasteiger partial charge in [0.25, 0.3) is 0 Å². The molecule has 2 aliphatic heterocycles. The third kappa shape index (κ3) is 4.85. The molecular formula is C21H20ClN5O4S. The number of fused-ring (bicyclic) bond motifs is 1. The third-order valence-electron chi connectivity index (χ3n) is 5.09. The quantitative estimate of drug-likeness (QED) is 0.340. The molecule has 0 N–H and O–H groups in total. The molecule has 9 nitrogen and oxygen atoms in total. The molecular weight excluding hydrogens is 454 g/mol. The second kappa shape index (κ2) is 10.5. The number of pyridine rings is 1. The van der Waals surface area contributed by atoms with E-state index in [9.17, 15) is 10.8 Å². The van der Waals surface area contributed by atoms with Gasteiger partial charge in [0, 0.05) is 28.2 Å². The maximum Gasteiger partial charge on any atom is 0.184 e. The molecule has 0 radical (unpaired) electrons. The number of rotatable bonds is 6. The van der Waals surface area contributed by atoms with Crippen molar-refractivity contribution in [3.8, 4) is 6.07 Å². The van der Waals surface area contributed by atoms with E-state index < -0.39 is 36.1 Å². The number of thioether (sulfide) groups is 1. The Kier molecular flexibility index (Phi) is 7.50. The molecule has 11 heteroatoms. The summed E-state index contributed by atoms with van der Waals surface area (Å²) in [6.07, 6.45) is -0.867. The van der Waals surface area contributed by atoms with Crippen LogP contribution in [0.15, 0.2) is 52.6 Å². The molecule has 3 heterocycles. The molecule has 4 rings (SSSR count). The summed E-state index contributed by atoms with van der Waals surface area (Å²) >= 11 is 7.34. The molecule has 2 fully saturated rings. The largest absolute Gasteiger partial charge is 0.374 e. The first-order chi connectivity index (χ1) is 15.6. The van der Waals surface area contributed by atoms with Gasteiger partial charge < -0.3 is 18.9 Å². The van der Waals surface area contributed by atoms with Crippen LogP contribution < -0.4 is 0 Å². The Morgan fingerprint density at radius 1 is 1.38 bits per heavy atom. The van der Waals surface area contributed by atoms with Crippen molar-refractivity contribution < 1.29 is 18.9 Å². The number of nitrogens with zero attached hydrogens (tertiary/aromatic N) is 5. The molecule has 0 amide bonds. The van der Waals surface area contributed by atoms with Crippen molar-refractivity contribution in [1.29, 1.82) is 5.26 Å². The highest BCUT2D eigenvalue weighted by atomic mass is 35.5. The Bertz CT molecular complexity index is 1030. The fourth-order valence-electron chi connectivity index (χ4n) is 3.72. The fourth-order valence-corrected chi connectivity index (χ4v) is 5.17. The number of ether oxygens (including phenoxy) is 4. The van der Waals surface area contributed by atoms with E-state index in [2.05, 4.69) is 21.1 Å². The Morgan fingerprint density at radius 3 is 2.91 bits per heavy atom. The van der Waals surface area contributed by atoms with Crippen LogP contribution in [-0.2, 0) is 18.9 Å². The van der Waals surface area contributed by atoms with Crippen molar-refractivity contribution in [2.45, 2.75) is 47.9 Å². The van der Waals surface area contributed by atoms with Crippen LogP contribution in [0.3, 0.4) is 0 Å². The monoisotopic (exact) mass is 473 g/mol. The molecule has 0 bridgehead atoms. The molecule has 0 spiro atoms. The van der Waals surface area contributed by atoms with E-state index in [1.165, 1.54) is 18.0 Å². The highest BCUT2D eigenvalue weighted by Crippen LogP contribution is 2.41. The zero-order chi connectivity index (χ0) is 22.5. The lowest BCUT2D eigenvalue weighted by Crippen LogP contribution is -2.60. The topological polar surface area (TPSA) is 122 Å². The lowest BCUT2D eigenvalue weighted by Gasteiger charge is -2.48. The second-order valence-corrected chi connectivity index (χ2v) is 8.64.